The highest BCUT2D eigenvalue weighted by Crippen LogP contribution is 2.23. The molecule has 3 rings (SSSR count). The first-order chi connectivity index (χ1) is 13.5. The summed E-state index contributed by atoms with van der Waals surface area (Å²) in [6.45, 7) is 0. The van der Waals surface area contributed by atoms with Gasteiger partial charge in [0, 0.05) is 17.6 Å². The van der Waals surface area contributed by atoms with Gasteiger partial charge in [0.15, 0.2) is 0 Å². The first-order valence-electron chi connectivity index (χ1n) is 8.13. The average Bonchev–Trinajstić information content (AvgIpc) is 2.71. The highest BCUT2D eigenvalue weighted by molar-refractivity contribution is 6.31. The molecule has 6 nitrogen and oxygen atoms in total. The van der Waals surface area contributed by atoms with E-state index in [1.54, 1.807) is 30.3 Å². The van der Waals surface area contributed by atoms with Gasteiger partial charge in [-0.05, 0) is 48.5 Å². The molecule has 0 aliphatic heterocycles. The van der Waals surface area contributed by atoms with Crippen LogP contribution in [0.5, 0.6) is 0 Å². The van der Waals surface area contributed by atoms with Crippen molar-refractivity contribution in [3.63, 3.8) is 0 Å². The minimum atomic E-state index is -0.517. The summed E-state index contributed by atoms with van der Waals surface area (Å²) in [4.78, 5) is 27.9. The Hall–Kier alpha value is -3.45. The Morgan fingerprint density at radius 3 is 2.36 bits per heavy atom. The van der Waals surface area contributed by atoms with Gasteiger partial charge in [0.1, 0.15) is 5.82 Å². The maximum atomic E-state index is 13.3. The molecule has 0 atom stereocenters. The second-order valence-corrected chi connectivity index (χ2v) is 6.15. The third kappa shape index (κ3) is 4.63. The number of halogens is 2. The van der Waals surface area contributed by atoms with Crippen molar-refractivity contribution in [2.24, 2.45) is 0 Å². The molecule has 0 aliphatic rings. The lowest BCUT2D eigenvalue weighted by atomic mass is 10.2. The number of methoxy groups -OCH3 is 1. The molecule has 1 heterocycles. The van der Waals surface area contributed by atoms with E-state index in [0.29, 0.717) is 28.2 Å². The number of hydrogen-bond donors (Lipinski definition) is 2. The number of nitrogens with one attached hydrogen (secondary N) is 2. The standard InChI is InChI=1S/C20H15ClFN3O3/c1-28-20(27)12-2-4-14(5-3-12)25-19(26)13-8-16(11-23-10-13)24-15-6-7-18(22)17(21)9-15/h2-11,24H,1H3,(H,25,26). The molecule has 0 saturated carbocycles. The molecule has 8 heteroatoms. The molecule has 0 unspecified atom stereocenters. The summed E-state index contributed by atoms with van der Waals surface area (Å²) in [5.41, 5.74) is 2.31. The van der Waals surface area contributed by atoms with E-state index < -0.39 is 11.8 Å². The predicted octanol–water partition coefficient (Wildman–Crippen LogP) is 4.66. The lowest BCUT2D eigenvalue weighted by molar-refractivity contribution is 0.0600. The number of anilines is 3. The van der Waals surface area contributed by atoms with Gasteiger partial charge in [0.2, 0.25) is 0 Å². The number of esters is 1. The zero-order valence-corrected chi connectivity index (χ0v) is 15.5. The lowest BCUT2D eigenvalue weighted by Crippen LogP contribution is -2.12. The molecule has 0 bridgehead atoms. The van der Waals surface area contributed by atoms with Crippen molar-refractivity contribution in [1.29, 1.82) is 0 Å². The number of nitrogens with zero attached hydrogens (tertiary/aromatic N) is 1. The van der Waals surface area contributed by atoms with E-state index in [4.69, 9.17) is 11.6 Å². The van der Waals surface area contributed by atoms with E-state index in [9.17, 15) is 14.0 Å². The van der Waals surface area contributed by atoms with Crippen molar-refractivity contribution in [1.82, 2.24) is 4.98 Å². The second-order valence-electron chi connectivity index (χ2n) is 5.74. The zero-order valence-electron chi connectivity index (χ0n) is 14.7. The number of benzene rings is 2. The van der Waals surface area contributed by atoms with Crippen molar-refractivity contribution in [2.45, 2.75) is 0 Å². The summed E-state index contributed by atoms with van der Waals surface area (Å²) >= 11 is 5.77. The normalized spacial score (nSPS) is 10.2. The zero-order chi connectivity index (χ0) is 20.1. The van der Waals surface area contributed by atoms with E-state index in [1.165, 1.54) is 37.7 Å². The molecular formula is C20H15ClFN3O3. The van der Waals surface area contributed by atoms with Gasteiger partial charge in [-0.3, -0.25) is 9.78 Å². The lowest BCUT2D eigenvalue weighted by Gasteiger charge is -2.09. The number of amides is 1. The molecule has 2 aromatic carbocycles. The third-order valence-electron chi connectivity index (χ3n) is 3.77. The van der Waals surface area contributed by atoms with Gasteiger partial charge >= 0.3 is 5.97 Å². The molecule has 0 radical (unpaired) electrons. The minimum absolute atomic E-state index is 0.0118. The number of carbonyl (C=O) groups is 2. The van der Waals surface area contributed by atoms with Crippen LogP contribution in [0.1, 0.15) is 20.7 Å². The summed E-state index contributed by atoms with van der Waals surface area (Å²) in [7, 11) is 1.30. The van der Waals surface area contributed by atoms with Gasteiger partial charge in [0.05, 0.1) is 35.1 Å². The third-order valence-corrected chi connectivity index (χ3v) is 4.06. The SMILES string of the molecule is COC(=O)c1ccc(NC(=O)c2cncc(Nc3ccc(F)c(Cl)c3)c2)cc1. The maximum Gasteiger partial charge on any atom is 0.337 e. The number of aromatic nitrogens is 1. The number of ether oxygens (including phenoxy) is 1. The molecule has 28 heavy (non-hydrogen) atoms. The van der Waals surface area contributed by atoms with Crippen LogP contribution in [0, 0.1) is 5.82 Å². The Bertz CT molecular complexity index is 1030. The first-order valence-corrected chi connectivity index (χ1v) is 8.51. The fraction of sp³-hybridized carbons (Fsp3) is 0.0500. The number of hydrogen-bond acceptors (Lipinski definition) is 5. The number of rotatable bonds is 5. The Morgan fingerprint density at radius 2 is 1.68 bits per heavy atom. The van der Waals surface area contributed by atoms with E-state index in [0.717, 1.165) is 0 Å². The van der Waals surface area contributed by atoms with Crippen molar-refractivity contribution < 1.29 is 18.7 Å². The second kappa shape index (κ2) is 8.49. The van der Waals surface area contributed by atoms with Gasteiger partial charge in [0.25, 0.3) is 5.91 Å². The van der Waals surface area contributed by atoms with Crippen molar-refractivity contribution in [3.8, 4) is 0 Å². The number of pyridine rings is 1. The Kier molecular flexibility index (Phi) is 5.86. The summed E-state index contributed by atoms with van der Waals surface area (Å²) < 4.78 is 17.9. The highest BCUT2D eigenvalue weighted by Gasteiger charge is 2.10. The average molecular weight is 400 g/mol. The van der Waals surface area contributed by atoms with Crippen molar-refractivity contribution in [2.75, 3.05) is 17.7 Å². The van der Waals surface area contributed by atoms with E-state index >= 15 is 0 Å². The van der Waals surface area contributed by atoms with Crippen molar-refractivity contribution in [3.05, 3.63) is 82.9 Å². The molecule has 1 aromatic heterocycles. The number of carbonyl (C=O) groups excluding carboxylic acids is 2. The summed E-state index contributed by atoms with van der Waals surface area (Å²) in [5.74, 6) is -1.35. The monoisotopic (exact) mass is 399 g/mol. The smallest absolute Gasteiger partial charge is 0.337 e. The first kappa shape index (κ1) is 19.3. The topological polar surface area (TPSA) is 80.3 Å². The van der Waals surface area contributed by atoms with Gasteiger partial charge in [-0.2, -0.15) is 0 Å². The molecule has 0 aliphatic carbocycles. The van der Waals surface area contributed by atoms with Crippen LogP contribution in [0.15, 0.2) is 60.9 Å². The van der Waals surface area contributed by atoms with Crippen LogP contribution in [-0.2, 0) is 4.74 Å². The van der Waals surface area contributed by atoms with E-state index in [1.807, 2.05) is 0 Å². The Balaban J connectivity index is 1.71. The van der Waals surface area contributed by atoms with Gasteiger partial charge in [-0.15, -0.1) is 0 Å². The predicted molar refractivity (Wildman–Crippen MR) is 105 cm³/mol. The van der Waals surface area contributed by atoms with E-state index in [-0.39, 0.29) is 10.9 Å². The summed E-state index contributed by atoms with van der Waals surface area (Å²) in [6, 6.07) is 12.1. The molecule has 142 valence electrons. The van der Waals surface area contributed by atoms with Crippen LogP contribution < -0.4 is 10.6 Å². The Morgan fingerprint density at radius 1 is 0.964 bits per heavy atom. The largest absolute Gasteiger partial charge is 0.465 e. The van der Waals surface area contributed by atoms with Crippen LogP contribution in [-0.4, -0.2) is 24.0 Å². The maximum absolute atomic E-state index is 13.3. The molecular weight excluding hydrogens is 385 g/mol. The molecule has 0 spiro atoms. The van der Waals surface area contributed by atoms with E-state index in [2.05, 4.69) is 20.4 Å². The Labute approximate surface area is 165 Å². The highest BCUT2D eigenvalue weighted by atomic mass is 35.5. The molecule has 0 fully saturated rings. The van der Waals surface area contributed by atoms with Gasteiger partial charge in [-0.1, -0.05) is 11.6 Å². The van der Waals surface area contributed by atoms with Gasteiger partial charge < -0.3 is 15.4 Å². The van der Waals surface area contributed by atoms with Crippen LogP contribution in [0.25, 0.3) is 0 Å². The summed E-state index contributed by atoms with van der Waals surface area (Å²) in [5, 5.41) is 5.72. The van der Waals surface area contributed by atoms with Gasteiger partial charge in [-0.25, -0.2) is 9.18 Å². The molecule has 1 amide bonds. The van der Waals surface area contributed by atoms with Crippen LogP contribution in [0.3, 0.4) is 0 Å². The van der Waals surface area contributed by atoms with Crippen LogP contribution in [0.4, 0.5) is 21.5 Å². The molecule has 0 saturated heterocycles. The fourth-order valence-corrected chi connectivity index (χ4v) is 2.56. The van der Waals surface area contributed by atoms with Crippen LogP contribution in [0.2, 0.25) is 5.02 Å². The quantitative estimate of drug-likeness (QED) is 0.610. The van der Waals surface area contributed by atoms with Crippen molar-refractivity contribution >= 4 is 40.5 Å². The summed E-state index contributed by atoms with van der Waals surface area (Å²) in [6.07, 6.45) is 2.94. The molecule has 2 N–H and O–H groups in total. The molecule has 3 aromatic rings. The van der Waals surface area contributed by atoms with Crippen LogP contribution >= 0.6 is 11.6 Å². The minimum Gasteiger partial charge on any atom is -0.465 e. The fourth-order valence-electron chi connectivity index (χ4n) is 2.38.